The first kappa shape index (κ1) is 30.1. The molecule has 220 valence electrons. The molecule has 6 nitrogen and oxygen atoms in total. The van der Waals surface area contributed by atoms with Gasteiger partial charge in [0.15, 0.2) is 0 Å². The molecule has 1 fully saturated rings. The Morgan fingerprint density at radius 3 is 2.29 bits per heavy atom. The second-order valence-corrected chi connectivity index (χ2v) is 12.7. The summed E-state index contributed by atoms with van der Waals surface area (Å²) in [5.74, 6) is 1.07. The maximum absolute atomic E-state index is 14.2. The van der Waals surface area contributed by atoms with Crippen LogP contribution in [0, 0.1) is 5.92 Å². The summed E-state index contributed by atoms with van der Waals surface area (Å²) in [6.45, 7) is 1.07. The molecule has 0 aliphatic heterocycles. The van der Waals surface area contributed by atoms with Crippen LogP contribution in [0.4, 0.5) is 0 Å². The monoisotopic (exact) mass is 603 g/mol. The topological polar surface area (TPSA) is 61.9 Å². The zero-order valence-electron chi connectivity index (χ0n) is 24.7. The lowest BCUT2D eigenvalue weighted by Gasteiger charge is -2.33. The number of methoxy groups -OCH3 is 1. The summed E-state index contributed by atoms with van der Waals surface area (Å²) >= 11 is 8.26. The highest BCUT2D eigenvalue weighted by molar-refractivity contribution is 7.21. The quantitative estimate of drug-likeness (QED) is 0.217. The van der Waals surface area contributed by atoms with E-state index in [1.54, 1.807) is 26.1 Å². The molecule has 0 bridgehead atoms. The third-order valence-corrected chi connectivity index (χ3v) is 9.93. The van der Waals surface area contributed by atoms with Gasteiger partial charge in [0.25, 0.3) is 11.8 Å². The van der Waals surface area contributed by atoms with E-state index in [1.165, 1.54) is 11.3 Å². The average Bonchev–Trinajstić information content (AvgIpc) is 3.36. The summed E-state index contributed by atoms with van der Waals surface area (Å²) in [6, 6.07) is 22.1. The van der Waals surface area contributed by atoms with Crippen molar-refractivity contribution >= 4 is 44.8 Å². The van der Waals surface area contributed by atoms with Crippen LogP contribution in [0.2, 0.25) is 5.02 Å². The predicted octanol–water partition coefficient (Wildman–Crippen LogP) is 7.35. The number of benzene rings is 3. The summed E-state index contributed by atoms with van der Waals surface area (Å²) in [4.78, 5) is 30.7. The van der Waals surface area contributed by atoms with Crippen LogP contribution in [0.3, 0.4) is 0 Å². The molecular weight excluding hydrogens is 566 g/mol. The van der Waals surface area contributed by atoms with Gasteiger partial charge in [-0.15, -0.1) is 11.3 Å². The Bertz CT molecular complexity index is 1560. The molecule has 0 spiro atoms. The fourth-order valence-electron chi connectivity index (χ4n) is 5.81. The van der Waals surface area contributed by atoms with Crippen molar-refractivity contribution in [2.45, 2.75) is 38.3 Å². The highest BCUT2D eigenvalue weighted by Crippen LogP contribution is 2.37. The summed E-state index contributed by atoms with van der Waals surface area (Å²) < 4.78 is 6.78. The van der Waals surface area contributed by atoms with Crippen LogP contribution >= 0.6 is 22.9 Å². The molecule has 4 aromatic rings. The van der Waals surface area contributed by atoms with Gasteiger partial charge in [-0.3, -0.25) is 9.59 Å². The molecule has 0 radical (unpaired) electrons. The lowest BCUT2D eigenvalue weighted by atomic mass is 9.85. The van der Waals surface area contributed by atoms with Crippen LogP contribution in [0.25, 0.3) is 21.2 Å². The summed E-state index contributed by atoms with van der Waals surface area (Å²) in [6.07, 6.45) is 4.37. The van der Waals surface area contributed by atoms with E-state index in [2.05, 4.69) is 11.4 Å². The molecule has 0 saturated heterocycles. The van der Waals surface area contributed by atoms with E-state index in [-0.39, 0.29) is 11.8 Å². The zero-order valence-corrected chi connectivity index (χ0v) is 26.2. The minimum atomic E-state index is -0.0454. The number of thiophene rings is 1. The van der Waals surface area contributed by atoms with Crippen molar-refractivity contribution in [3.05, 3.63) is 87.8 Å². The Morgan fingerprint density at radius 1 is 0.952 bits per heavy atom. The van der Waals surface area contributed by atoms with Crippen LogP contribution in [-0.2, 0) is 6.54 Å². The normalized spacial score (nSPS) is 16.8. The number of hydrogen-bond donors (Lipinski definition) is 1. The lowest BCUT2D eigenvalue weighted by Crippen LogP contribution is -2.38. The number of carbonyl (C=O) groups excluding carboxylic acids is 2. The lowest BCUT2D eigenvalue weighted by molar-refractivity contribution is 0.0698. The van der Waals surface area contributed by atoms with Gasteiger partial charge in [-0.05, 0) is 80.1 Å². The first-order valence-corrected chi connectivity index (χ1v) is 15.6. The van der Waals surface area contributed by atoms with Crippen molar-refractivity contribution in [3.63, 3.8) is 0 Å². The maximum atomic E-state index is 14.2. The maximum Gasteiger partial charge on any atom is 0.265 e. The fraction of sp³-hybridized carbons (Fsp3) is 0.353. The molecule has 1 saturated carbocycles. The molecule has 1 heterocycles. The molecule has 8 heteroatoms. The highest BCUT2D eigenvalue weighted by Gasteiger charge is 2.28. The Balaban J connectivity index is 1.46. The number of halogens is 1. The van der Waals surface area contributed by atoms with Crippen LogP contribution in [0.15, 0.2) is 66.7 Å². The zero-order chi connectivity index (χ0) is 29.8. The predicted molar refractivity (Wildman–Crippen MR) is 173 cm³/mol. The van der Waals surface area contributed by atoms with Crippen LogP contribution in [0.1, 0.15) is 51.3 Å². The van der Waals surface area contributed by atoms with Gasteiger partial charge in [-0.2, -0.15) is 0 Å². The van der Waals surface area contributed by atoms with Crippen molar-refractivity contribution in [1.82, 2.24) is 15.1 Å². The number of fused-ring (bicyclic) bond motifs is 1. The molecule has 3 aromatic carbocycles. The number of hydrogen-bond acceptors (Lipinski definition) is 5. The SMILES string of the molecule is CNC1CCC(CN(Cc2cc(-c3ccc(C(=O)N(C)C)cc3)ccc2OC)C(=O)c2sc3ccccc3c2Cl)CC1. The number of carbonyl (C=O) groups is 2. The Kier molecular flexibility index (Phi) is 9.51. The summed E-state index contributed by atoms with van der Waals surface area (Å²) in [5.41, 5.74) is 3.56. The van der Waals surface area contributed by atoms with E-state index in [0.717, 1.165) is 58.2 Å². The number of ether oxygens (including phenoxy) is 1. The van der Waals surface area contributed by atoms with Gasteiger partial charge < -0.3 is 19.9 Å². The Hall–Kier alpha value is -3.39. The van der Waals surface area contributed by atoms with E-state index < -0.39 is 0 Å². The number of nitrogens with zero attached hydrogens (tertiary/aromatic N) is 2. The minimum absolute atomic E-state index is 0.0326. The van der Waals surface area contributed by atoms with Crippen molar-refractivity contribution in [2.75, 3.05) is 34.8 Å². The third kappa shape index (κ3) is 6.48. The van der Waals surface area contributed by atoms with Crippen LogP contribution < -0.4 is 10.1 Å². The molecule has 2 amide bonds. The van der Waals surface area contributed by atoms with E-state index >= 15 is 0 Å². The molecule has 0 unspecified atom stereocenters. The molecule has 1 aliphatic rings. The van der Waals surface area contributed by atoms with Crippen molar-refractivity contribution in [2.24, 2.45) is 5.92 Å². The largest absolute Gasteiger partial charge is 0.496 e. The minimum Gasteiger partial charge on any atom is -0.496 e. The fourth-order valence-corrected chi connectivity index (χ4v) is 7.29. The molecule has 5 rings (SSSR count). The molecule has 42 heavy (non-hydrogen) atoms. The Labute approximate surface area is 257 Å². The third-order valence-electron chi connectivity index (χ3n) is 8.26. The highest BCUT2D eigenvalue weighted by atomic mass is 35.5. The Morgan fingerprint density at radius 2 is 1.64 bits per heavy atom. The van der Waals surface area contributed by atoms with E-state index in [9.17, 15) is 9.59 Å². The first-order chi connectivity index (χ1) is 20.3. The first-order valence-electron chi connectivity index (χ1n) is 14.4. The number of rotatable bonds is 9. The van der Waals surface area contributed by atoms with E-state index in [0.29, 0.717) is 40.5 Å². The summed E-state index contributed by atoms with van der Waals surface area (Å²) in [7, 11) is 7.18. The molecule has 1 aliphatic carbocycles. The van der Waals surface area contributed by atoms with Crippen molar-refractivity contribution in [3.8, 4) is 16.9 Å². The van der Waals surface area contributed by atoms with Crippen molar-refractivity contribution < 1.29 is 14.3 Å². The van der Waals surface area contributed by atoms with Gasteiger partial charge in [0.2, 0.25) is 0 Å². The van der Waals surface area contributed by atoms with Gasteiger partial charge in [0.1, 0.15) is 10.6 Å². The second-order valence-electron chi connectivity index (χ2n) is 11.2. The van der Waals surface area contributed by atoms with Gasteiger partial charge in [-0.25, -0.2) is 0 Å². The second kappa shape index (κ2) is 13.3. The summed E-state index contributed by atoms with van der Waals surface area (Å²) in [5, 5.41) is 4.85. The van der Waals surface area contributed by atoms with Crippen molar-refractivity contribution in [1.29, 1.82) is 0 Å². The van der Waals surface area contributed by atoms with Gasteiger partial charge in [-0.1, -0.05) is 48.0 Å². The number of nitrogens with one attached hydrogen (secondary N) is 1. The smallest absolute Gasteiger partial charge is 0.265 e. The van der Waals surface area contributed by atoms with E-state index in [4.69, 9.17) is 16.3 Å². The average molecular weight is 604 g/mol. The van der Waals surface area contributed by atoms with Gasteiger partial charge in [0, 0.05) is 54.4 Å². The van der Waals surface area contributed by atoms with Gasteiger partial charge in [0.05, 0.1) is 12.1 Å². The standard InChI is InChI=1S/C34H38ClN3O3S/c1-36-27-16-9-22(10-17-27)20-38(34(40)32-31(35)28-7-5-6-8-30(28)42-32)21-26-19-25(15-18-29(26)41-4)23-11-13-24(14-12-23)33(39)37(2)3/h5-8,11-15,18-19,22,27,36H,9-10,16-17,20-21H2,1-4H3. The molecule has 1 aromatic heterocycles. The van der Waals surface area contributed by atoms with Crippen LogP contribution in [-0.4, -0.2) is 62.5 Å². The number of amides is 2. The van der Waals surface area contributed by atoms with E-state index in [1.807, 2.05) is 72.6 Å². The molecule has 0 atom stereocenters. The van der Waals surface area contributed by atoms with Crippen LogP contribution in [0.5, 0.6) is 5.75 Å². The van der Waals surface area contributed by atoms with Gasteiger partial charge >= 0.3 is 0 Å². The molecular formula is C34H38ClN3O3S. The molecule has 1 N–H and O–H groups in total.